The number of ether oxygens (including phenoxy) is 2. The van der Waals surface area contributed by atoms with Gasteiger partial charge in [0.2, 0.25) is 0 Å². The molecule has 3 rings (SSSR count). The number of esters is 2. The van der Waals surface area contributed by atoms with Crippen molar-refractivity contribution in [1.29, 1.82) is 0 Å². The maximum absolute atomic E-state index is 12.9. The third-order valence-corrected chi connectivity index (χ3v) is 5.52. The number of carbonyl (C=O) groups is 3. The molecule has 26 heavy (non-hydrogen) atoms. The molecule has 0 radical (unpaired) electrons. The molecule has 1 N–H and O–H groups in total. The minimum atomic E-state index is -0.797. The van der Waals surface area contributed by atoms with E-state index in [1.807, 2.05) is 0 Å². The van der Waals surface area contributed by atoms with Crippen LogP contribution in [0.5, 0.6) is 0 Å². The molecule has 0 saturated heterocycles. The Labute approximate surface area is 155 Å². The average Bonchev–Trinajstić information content (AvgIpc) is 3.11. The van der Waals surface area contributed by atoms with Gasteiger partial charge in [-0.25, -0.2) is 9.78 Å². The lowest BCUT2D eigenvalue weighted by Gasteiger charge is -2.33. The van der Waals surface area contributed by atoms with E-state index in [0.717, 1.165) is 19.3 Å². The summed E-state index contributed by atoms with van der Waals surface area (Å²) in [5.74, 6) is -1.13. The zero-order valence-electron chi connectivity index (χ0n) is 14.9. The summed E-state index contributed by atoms with van der Waals surface area (Å²) in [6.07, 6.45) is 4.34. The lowest BCUT2D eigenvalue weighted by molar-refractivity contribution is -0.149. The number of carbonyl (C=O) groups excluding carboxylic acids is 3. The molecule has 1 aliphatic carbocycles. The van der Waals surface area contributed by atoms with E-state index in [0.29, 0.717) is 41.4 Å². The summed E-state index contributed by atoms with van der Waals surface area (Å²) in [5.41, 5.74) is 0.534. The second kappa shape index (κ2) is 7.57. The highest BCUT2D eigenvalue weighted by atomic mass is 32.1. The van der Waals surface area contributed by atoms with E-state index in [4.69, 9.17) is 9.47 Å². The topological polar surface area (TPSA) is 94.6 Å². The van der Waals surface area contributed by atoms with Crippen LogP contribution in [0.2, 0.25) is 0 Å². The zero-order chi connectivity index (χ0) is 18.7. The van der Waals surface area contributed by atoms with Crippen molar-refractivity contribution in [3.05, 3.63) is 22.2 Å². The fourth-order valence-electron chi connectivity index (χ4n) is 3.57. The largest absolute Gasteiger partial charge is 0.466 e. The smallest absolute Gasteiger partial charge is 0.335 e. The summed E-state index contributed by atoms with van der Waals surface area (Å²) in [6.45, 7) is 3.69. The normalized spacial score (nSPS) is 18.8. The van der Waals surface area contributed by atoms with Gasteiger partial charge in [0.25, 0.3) is 5.91 Å². The van der Waals surface area contributed by atoms with E-state index in [1.54, 1.807) is 19.2 Å². The van der Waals surface area contributed by atoms with Gasteiger partial charge in [0.05, 0.1) is 24.3 Å². The highest BCUT2D eigenvalue weighted by Crippen LogP contribution is 2.44. The van der Waals surface area contributed by atoms with Gasteiger partial charge < -0.3 is 9.47 Å². The predicted molar refractivity (Wildman–Crippen MR) is 95.7 cm³/mol. The van der Waals surface area contributed by atoms with Crippen LogP contribution in [0.1, 0.15) is 51.6 Å². The summed E-state index contributed by atoms with van der Waals surface area (Å²) >= 11 is 1.23. The monoisotopic (exact) mass is 378 g/mol. The number of nitrogens with one attached hydrogen (secondary N) is 1. The Kier molecular flexibility index (Phi) is 5.41. The average molecular weight is 378 g/mol. The maximum Gasteiger partial charge on any atom is 0.335 e. The van der Waals surface area contributed by atoms with Crippen LogP contribution in [-0.4, -0.2) is 35.0 Å². The SMILES string of the molecule is CCOC(=O)Cc1csc(NC(=O)C2=C(C)C(=O)OC23CCCCC3)n1. The first-order valence-electron chi connectivity index (χ1n) is 8.81. The van der Waals surface area contributed by atoms with Crippen molar-refractivity contribution in [2.75, 3.05) is 11.9 Å². The van der Waals surface area contributed by atoms with E-state index in [-0.39, 0.29) is 18.3 Å². The minimum absolute atomic E-state index is 0.0630. The maximum atomic E-state index is 12.9. The van der Waals surface area contributed by atoms with Crippen molar-refractivity contribution in [1.82, 2.24) is 4.98 Å². The van der Waals surface area contributed by atoms with Crippen LogP contribution in [-0.2, 0) is 30.3 Å². The van der Waals surface area contributed by atoms with E-state index in [1.165, 1.54) is 11.3 Å². The summed E-state index contributed by atoms with van der Waals surface area (Å²) in [6, 6.07) is 0. The summed E-state index contributed by atoms with van der Waals surface area (Å²) < 4.78 is 10.5. The Morgan fingerprint density at radius 2 is 2.08 bits per heavy atom. The predicted octanol–water partition coefficient (Wildman–Crippen LogP) is 2.76. The zero-order valence-corrected chi connectivity index (χ0v) is 15.7. The van der Waals surface area contributed by atoms with Gasteiger partial charge in [0.1, 0.15) is 5.60 Å². The molecule has 0 atom stereocenters. The summed E-state index contributed by atoms with van der Waals surface area (Å²) in [7, 11) is 0. The van der Waals surface area contributed by atoms with Crippen LogP contribution in [0.3, 0.4) is 0 Å². The number of aromatic nitrogens is 1. The summed E-state index contributed by atoms with van der Waals surface area (Å²) in [5, 5.41) is 4.86. The number of thiazole rings is 1. The van der Waals surface area contributed by atoms with Crippen LogP contribution in [0.25, 0.3) is 0 Å². The van der Waals surface area contributed by atoms with Gasteiger partial charge >= 0.3 is 11.9 Å². The van der Waals surface area contributed by atoms with Gasteiger partial charge in [0, 0.05) is 11.0 Å². The van der Waals surface area contributed by atoms with E-state index >= 15 is 0 Å². The first-order valence-corrected chi connectivity index (χ1v) is 9.69. The van der Waals surface area contributed by atoms with Gasteiger partial charge in [-0.2, -0.15) is 0 Å². The molecule has 1 amide bonds. The number of hydrogen-bond acceptors (Lipinski definition) is 7. The van der Waals surface area contributed by atoms with Crippen LogP contribution in [0.4, 0.5) is 5.13 Å². The first-order chi connectivity index (χ1) is 12.4. The van der Waals surface area contributed by atoms with Crippen LogP contribution in [0.15, 0.2) is 16.5 Å². The number of amides is 1. The molecule has 140 valence electrons. The first kappa shape index (κ1) is 18.6. The fraction of sp³-hybridized carbons (Fsp3) is 0.556. The van der Waals surface area contributed by atoms with Gasteiger partial charge in [-0.05, 0) is 39.5 Å². The van der Waals surface area contributed by atoms with Crippen molar-refractivity contribution >= 4 is 34.3 Å². The molecular formula is C18H22N2O5S. The lowest BCUT2D eigenvalue weighted by Crippen LogP contribution is -2.39. The van der Waals surface area contributed by atoms with Gasteiger partial charge in [-0.3, -0.25) is 14.9 Å². The molecule has 7 nitrogen and oxygen atoms in total. The molecule has 0 bridgehead atoms. The molecule has 8 heteroatoms. The number of anilines is 1. The highest BCUT2D eigenvalue weighted by molar-refractivity contribution is 7.14. The van der Waals surface area contributed by atoms with E-state index in [2.05, 4.69) is 10.3 Å². The van der Waals surface area contributed by atoms with Crippen molar-refractivity contribution in [3.8, 4) is 0 Å². The van der Waals surface area contributed by atoms with Gasteiger partial charge in [-0.15, -0.1) is 11.3 Å². The van der Waals surface area contributed by atoms with Crippen LogP contribution >= 0.6 is 11.3 Å². The van der Waals surface area contributed by atoms with E-state index in [9.17, 15) is 14.4 Å². The molecule has 1 aliphatic heterocycles. The molecule has 2 heterocycles. The Hall–Kier alpha value is -2.22. The Morgan fingerprint density at radius 3 is 2.77 bits per heavy atom. The number of hydrogen-bond donors (Lipinski definition) is 1. The third-order valence-electron chi connectivity index (χ3n) is 4.72. The second-order valence-corrected chi connectivity index (χ2v) is 7.38. The molecule has 0 unspecified atom stereocenters. The molecule has 1 aromatic rings. The molecule has 0 aromatic carbocycles. The number of nitrogens with zero attached hydrogens (tertiary/aromatic N) is 1. The minimum Gasteiger partial charge on any atom is -0.466 e. The van der Waals surface area contributed by atoms with Crippen LogP contribution in [0, 0.1) is 0 Å². The summed E-state index contributed by atoms with van der Waals surface area (Å²) in [4.78, 5) is 40.7. The molecule has 2 aliphatic rings. The Balaban J connectivity index is 1.73. The molecule has 1 fully saturated rings. The van der Waals surface area contributed by atoms with Gasteiger partial charge in [-0.1, -0.05) is 6.42 Å². The second-order valence-electron chi connectivity index (χ2n) is 6.52. The molecular weight excluding hydrogens is 356 g/mol. The van der Waals surface area contributed by atoms with E-state index < -0.39 is 11.6 Å². The third kappa shape index (κ3) is 3.65. The standard InChI is InChI=1S/C18H22N2O5S/c1-3-24-13(21)9-12-10-26-17(19-12)20-15(22)14-11(2)16(23)25-18(14)7-5-4-6-8-18/h10H,3-9H2,1-2H3,(H,19,20,22). The Bertz CT molecular complexity index is 761. The quantitative estimate of drug-likeness (QED) is 0.792. The van der Waals surface area contributed by atoms with Gasteiger partial charge in [0.15, 0.2) is 5.13 Å². The molecule has 1 spiro atoms. The van der Waals surface area contributed by atoms with Crippen molar-refractivity contribution in [2.45, 2.75) is 58.0 Å². The lowest BCUT2D eigenvalue weighted by atomic mass is 9.78. The van der Waals surface area contributed by atoms with Crippen molar-refractivity contribution in [3.63, 3.8) is 0 Å². The molecule has 1 saturated carbocycles. The fourth-order valence-corrected chi connectivity index (χ4v) is 4.27. The Morgan fingerprint density at radius 1 is 1.35 bits per heavy atom. The molecule has 1 aromatic heterocycles. The number of rotatable bonds is 5. The highest BCUT2D eigenvalue weighted by Gasteiger charge is 2.49. The van der Waals surface area contributed by atoms with Crippen LogP contribution < -0.4 is 5.32 Å². The van der Waals surface area contributed by atoms with Crippen molar-refractivity contribution < 1.29 is 23.9 Å². The van der Waals surface area contributed by atoms with Crippen molar-refractivity contribution in [2.24, 2.45) is 0 Å².